The summed E-state index contributed by atoms with van der Waals surface area (Å²) in [6.45, 7) is 4.18. The lowest BCUT2D eigenvalue weighted by Gasteiger charge is -2.33. The van der Waals surface area contributed by atoms with Crippen LogP contribution in [0, 0.1) is 16.7 Å². The van der Waals surface area contributed by atoms with Gasteiger partial charge in [0.2, 0.25) is 24.3 Å². The van der Waals surface area contributed by atoms with E-state index in [0.29, 0.717) is 24.3 Å². The molecule has 6 nitrogen and oxygen atoms in total. The number of amides is 1. The topological polar surface area (TPSA) is 81.7 Å². The number of nitrogens with one attached hydrogen (secondary N) is 1. The maximum atomic E-state index is 12.9. The summed E-state index contributed by atoms with van der Waals surface area (Å²) in [4.78, 5) is 37.5. The molecule has 6 heteroatoms. The van der Waals surface area contributed by atoms with Crippen LogP contribution >= 0.6 is 0 Å². The third-order valence-electron chi connectivity index (χ3n) is 5.98. The highest BCUT2D eigenvalue weighted by atomic mass is 16.7. The summed E-state index contributed by atoms with van der Waals surface area (Å²) >= 11 is 0. The van der Waals surface area contributed by atoms with Crippen molar-refractivity contribution in [3.63, 3.8) is 0 Å². The smallest absolute Gasteiger partial charge is 0.235 e. The van der Waals surface area contributed by atoms with E-state index in [0.717, 1.165) is 5.56 Å². The van der Waals surface area contributed by atoms with Gasteiger partial charge in [0, 0.05) is 12.5 Å². The summed E-state index contributed by atoms with van der Waals surface area (Å²) < 4.78 is 10.6. The van der Waals surface area contributed by atoms with E-state index in [2.05, 4.69) is 5.32 Å². The minimum Gasteiger partial charge on any atom is -0.454 e. The van der Waals surface area contributed by atoms with Crippen LogP contribution in [0.1, 0.15) is 32.3 Å². The molecule has 2 fully saturated rings. The third kappa shape index (κ3) is 1.74. The second-order valence-electron chi connectivity index (χ2n) is 7.28. The number of rotatable bonds is 3. The van der Waals surface area contributed by atoms with Gasteiger partial charge in [0.25, 0.3) is 0 Å². The van der Waals surface area contributed by atoms with E-state index < -0.39 is 16.6 Å². The van der Waals surface area contributed by atoms with Crippen molar-refractivity contribution < 1.29 is 23.9 Å². The fourth-order valence-corrected chi connectivity index (χ4v) is 4.47. The summed E-state index contributed by atoms with van der Waals surface area (Å²) in [6, 6.07) is 5.45. The molecule has 1 aromatic carbocycles. The van der Waals surface area contributed by atoms with Crippen LogP contribution in [0.4, 0.5) is 0 Å². The zero-order chi connectivity index (χ0) is 17.1. The summed E-state index contributed by atoms with van der Waals surface area (Å²) in [7, 11) is 0. The van der Waals surface area contributed by atoms with Gasteiger partial charge in [-0.05, 0) is 36.0 Å². The molecule has 0 radical (unpaired) electrons. The predicted octanol–water partition coefficient (Wildman–Crippen LogP) is 1.61. The number of hydrogen-bond acceptors (Lipinski definition) is 5. The zero-order valence-electron chi connectivity index (χ0n) is 13.7. The van der Waals surface area contributed by atoms with Gasteiger partial charge in [0.05, 0.1) is 0 Å². The molecule has 0 aromatic heterocycles. The lowest BCUT2D eigenvalue weighted by atomic mass is 9.68. The van der Waals surface area contributed by atoms with E-state index in [9.17, 15) is 14.4 Å². The van der Waals surface area contributed by atoms with Crippen LogP contribution in [0.2, 0.25) is 0 Å². The third-order valence-corrected chi connectivity index (χ3v) is 5.98. The van der Waals surface area contributed by atoms with E-state index in [1.54, 1.807) is 6.07 Å². The normalized spacial score (nSPS) is 29.2. The molecule has 1 aromatic rings. The Balaban J connectivity index is 1.54. The van der Waals surface area contributed by atoms with Crippen LogP contribution in [0.25, 0.3) is 0 Å². The number of hydrogen-bond donors (Lipinski definition) is 1. The molecule has 24 heavy (non-hydrogen) atoms. The molecule has 3 aliphatic rings. The fraction of sp³-hybridized carbons (Fsp3) is 0.500. The van der Waals surface area contributed by atoms with Crippen molar-refractivity contribution in [1.29, 1.82) is 0 Å². The maximum Gasteiger partial charge on any atom is 0.235 e. The van der Waals surface area contributed by atoms with Gasteiger partial charge in [-0.15, -0.1) is 0 Å². The van der Waals surface area contributed by atoms with E-state index in [1.807, 2.05) is 26.0 Å². The first-order valence-corrected chi connectivity index (χ1v) is 8.13. The van der Waals surface area contributed by atoms with E-state index >= 15 is 0 Å². The average molecular weight is 329 g/mol. The molecule has 0 spiro atoms. The monoisotopic (exact) mass is 329 g/mol. The Kier molecular flexibility index (Phi) is 3.04. The number of ketones is 2. The molecule has 1 aliphatic heterocycles. The van der Waals surface area contributed by atoms with Crippen molar-refractivity contribution in [2.24, 2.45) is 16.7 Å². The number of benzene rings is 1. The summed E-state index contributed by atoms with van der Waals surface area (Å²) in [6.07, 6.45) is 1.05. The van der Waals surface area contributed by atoms with Crippen LogP contribution in [0.5, 0.6) is 11.5 Å². The molecule has 1 heterocycles. The SMILES string of the molecule is CC1(C)[C@@H]2CC[C@@]1(C(=O)NCc1ccc3c(c1)OCO3)C(=O)C2=O. The largest absolute Gasteiger partial charge is 0.454 e. The first-order valence-electron chi connectivity index (χ1n) is 8.13. The molecular weight excluding hydrogens is 310 g/mol. The highest BCUT2D eigenvalue weighted by Crippen LogP contribution is 2.62. The van der Waals surface area contributed by atoms with E-state index in [-0.39, 0.29) is 30.9 Å². The summed E-state index contributed by atoms with van der Waals surface area (Å²) in [5.74, 6) is -0.255. The quantitative estimate of drug-likeness (QED) is 0.673. The number of carbonyl (C=O) groups excluding carboxylic acids is 3. The Hall–Kier alpha value is -2.37. The van der Waals surface area contributed by atoms with Crippen molar-refractivity contribution in [3.8, 4) is 11.5 Å². The lowest BCUT2D eigenvalue weighted by molar-refractivity contribution is -0.149. The second-order valence-corrected chi connectivity index (χ2v) is 7.28. The molecule has 0 unspecified atom stereocenters. The van der Waals surface area contributed by atoms with Crippen LogP contribution in [-0.4, -0.2) is 24.3 Å². The van der Waals surface area contributed by atoms with Crippen LogP contribution in [-0.2, 0) is 20.9 Å². The average Bonchev–Trinajstić information content (AvgIpc) is 3.15. The number of Topliss-reactive ketones (excluding diaryl/α,β-unsaturated/α-hetero) is 2. The molecule has 2 atom stereocenters. The first-order chi connectivity index (χ1) is 11.4. The zero-order valence-corrected chi connectivity index (χ0v) is 13.7. The number of fused-ring (bicyclic) bond motifs is 3. The van der Waals surface area contributed by atoms with Crippen molar-refractivity contribution in [3.05, 3.63) is 23.8 Å². The molecule has 1 N–H and O–H groups in total. The first kappa shape index (κ1) is 15.2. The van der Waals surface area contributed by atoms with Gasteiger partial charge in [-0.2, -0.15) is 0 Å². The minimum atomic E-state index is -1.22. The van der Waals surface area contributed by atoms with Gasteiger partial charge in [0.1, 0.15) is 5.41 Å². The van der Waals surface area contributed by atoms with Gasteiger partial charge >= 0.3 is 0 Å². The molecule has 0 saturated heterocycles. The van der Waals surface area contributed by atoms with Gasteiger partial charge in [-0.1, -0.05) is 19.9 Å². The Morgan fingerprint density at radius 1 is 1.25 bits per heavy atom. The van der Waals surface area contributed by atoms with Crippen molar-refractivity contribution in [2.75, 3.05) is 6.79 Å². The Bertz CT molecular complexity index is 769. The van der Waals surface area contributed by atoms with Crippen LogP contribution in [0.15, 0.2) is 18.2 Å². The van der Waals surface area contributed by atoms with E-state index in [1.165, 1.54) is 0 Å². The van der Waals surface area contributed by atoms with Gasteiger partial charge in [-0.3, -0.25) is 14.4 Å². The standard InChI is InChI=1S/C18H19NO5/c1-17(2)11-5-6-18(17,15(21)14(11)20)16(22)19-8-10-3-4-12-13(7-10)24-9-23-12/h3-4,7,11H,5-6,8-9H2,1-2H3,(H,19,22)/t11-,18+/m1/s1. The Labute approximate surface area is 139 Å². The van der Waals surface area contributed by atoms with Gasteiger partial charge in [-0.25, -0.2) is 0 Å². The molecule has 2 aliphatic carbocycles. The summed E-state index contributed by atoms with van der Waals surface area (Å²) in [5.41, 5.74) is -0.987. The molecule has 2 bridgehead atoms. The van der Waals surface area contributed by atoms with Crippen molar-refractivity contribution >= 4 is 17.5 Å². The Morgan fingerprint density at radius 3 is 2.71 bits per heavy atom. The summed E-state index contributed by atoms with van der Waals surface area (Å²) in [5, 5.41) is 2.85. The van der Waals surface area contributed by atoms with Gasteiger partial charge < -0.3 is 14.8 Å². The van der Waals surface area contributed by atoms with Crippen molar-refractivity contribution in [2.45, 2.75) is 33.2 Å². The lowest BCUT2D eigenvalue weighted by Crippen LogP contribution is -2.50. The molecule has 2 saturated carbocycles. The van der Waals surface area contributed by atoms with E-state index in [4.69, 9.17) is 9.47 Å². The fourth-order valence-electron chi connectivity index (χ4n) is 4.47. The highest BCUT2D eigenvalue weighted by Gasteiger charge is 2.72. The maximum absolute atomic E-state index is 12.9. The Morgan fingerprint density at radius 2 is 2.00 bits per heavy atom. The molecular formula is C18H19NO5. The van der Waals surface area contributed by atoms with Crippen LogP contribution in [0.3, 0.4) is 0 Å². The molecule has 126 valence electrons. The number of ether oxygens (including phenoxy) is 2. The predicted molar refractivity (Wildman–Crippen MR) is 83.4 cm³/mol. The van der Waals surface area contributed by atoms with Gasteiger partial charge in [0.15, 0.2) is 11.5 Å². The minimum absolute atomic E-state index is 0.195. The molecule has 4 rings (SSSR count). The highest BCUT2D eigenvalue weighted by molar-refractivity contribution is 6.47. The second kappa shape index (κ2) is 4.82. The van der Waals surface area contributed by atoms with Crippen LogP contribution < -0.4 is 14.8 Å². The number of carbonyl (C=O) groups is 3. The molecule has 1 amide bonds. The van der Waals surface area contributed by atoms with Crippen molar-refractivity contribution in [1.82, 2.24) is 5.32 Å².